The highest BCUT2D eigenvalue weighted by atomic mass is 16.4. The summed E-state index contributed by atoms with van der Waals surface area (Å²) in [5.41, 5.74) is 0. The SMILES string of the molecule is CC1CCCN(C(=O)C2CCC2)C1C(=O)O. The fourth-order valence-electron chi connectivity index (χ4n) is 2.70. The van der Waals surface area contributed by atoms with Crippen LogP contribution in [-0.4, -0.2) is 34.5 Å². The van der Waals surface area contributed by atoms with Gasteiger partial charge in [-0.15, -0.1) is 0 Å². The van der Waals surface area contributed by atoms with Crippen molar-refractivity contribution in [3.8, 4) is 0 Å². The van der Waals surface area contributed by atoms with Gasteiger partial charge in [0.15, 0.2) is 0 Å². The largest absolute Gasteiger partial charge is 0.480 e. The van der Waals surface area contributed by atoms with Gasteiger partial charge < -0.3 is 10.0 Å². The molecule has 2 aliphatic rings. The molecule has 0 spiro atoms. The Morgan fingerprint density at radius 2 is 1.88 bits per heavy atom. The number of carbonyl (C=O) groups is 2. The summed E-state index contributed by atoms with van der Waals surface area (Å²) in [6.07, 6.45) is 4.83. The summed E-state index contributed by atoms with van der Waals surface area (Å²) in [4.78, 5) is 24.9. The van der Waals surface area contributed by atoms with E-state index in [1.54, 1.807) is 4.90 Å². The molecular formula is C12H19NO3. The highest BCUT2D eigenvalue weighted by Gasteiger charge is 2.40. The molecule has 1 N–H and O–H groups in total. The first-order chi connectivity index (χ1) is 7.61. The Kier molecular flexibility index (Phi) is 3.17. The summed E-state index contributed by atoms with van der Waals surface area (Å²) >= 11 is 0. The van der Waals surface area contributed by atoms with Crippen LogP contribution in [0.1, 0.15) is 39.0 Å². The fraction of sp³-hybridized carbons (Fsp3) is 0.833. The summed E-state index contributed by atoms with van der Waals surface area (Å²) in [7, 11) is 0. The molecule has 1 aliphatic heterocycles. The van der Waals surface area contributed by atoms with E-state index in [-0.39, 0.29) is 17.7 Å². The second-order valence-corrected chi connectivity index (χ2v) is 5.06. The van der Waals surface area contributed by atoms with Gasteiger partial charge in [0, 0.05) is 12.5 Å². The number of aliphatic carboxylic acids is 1. The Balaban J connectivity index is 2.09. The van der Waals surface area contributed by atoms with Crippen molar-refractivity contribution in [1.29, 1.82) is 0 Å². The molecule has 4 nitrogen and oxygen atoms in total. The number of likely N-dealkylation sites (tertiary alicyclic amines) is 1. The molecule has 1 saturated carbocycles. The van der Waals surface area contributed by atoms with E-state index in [1.807, 2.05) is 6.92 Å². The number of hydrogen-bond acceptors (Lipinski definition) is 2. The quantitative estimate of drug-likeness (QED) is 0.774. The molecule has 16 heavy (non-hydrogen) atoms. The van der Waals surface area contributed by atoms with Crippen LogP contribution in [0.4, 0.5) is 0 Å². The van der Waals surface area contributed by atoms with E-state index in [0.29, 0.717) is 6.54 Å². The maximum atomic E-state index is 12.1. The van der Waals surface area contributed by atoms with Crippen molar-refractivity contribution < 1.29 is 14.7 Å². The third-order valence-corrected chi connectivity index (χ3v) is 3.92. The van der Waals surface area contributed by atoms with Crippen LogP contribution in [0.25, 0.3) is 0 Å². The van der Waals surface area contributed by atoms with E-state index < -0.39 is 12.0 Å². The number of amides is 1. The van der Waals surface area contributed by atoms with Gasteiger partial charge in [-0.1, -0.05) is 13.3 Å². The number of hydrogen-bond donors (Lipinski definition) is 1. The summed E-state index contributed by atoms with van der Waals surface area (Å²) < 4.78 is 0. The average molecular weight is 225 g/mol. The molecule has 2 fully saturated rings. The molecule has 0 aromatic heterocycles. The molecule has 2 rings (SSSR count). The lowest BCUT2D eigenvalue weighted by molar-refractivity contribution is -0.157. The minimum absolute atomic E-state index is 0.0743. The Bertz CT molecular complexity index is 299. The minimum atomic E-state index is -0.847. The highest BCUT2D eigenvalue weighted by Crippen LogP contribution is 2.32. The standard InChI is InChI=1S/C12H19NO3/c1-8-4-3-7-13(10(8)12(15)16)11(14)9-5-2-6-9/h8-10H,2-7H2,1H3,(H,15,16). The van der Waals surface area contributed by atoms with Gasteiger partial charge in [-0.2, -0.15) is 0 Å². The van der Waals surface area contributed by atoms with Crippen LogP contribution >= 0.6 is 0 Å². The van der Waals surface area contributed by atoms with Crippen LogP contribution in [0, 0.1) is 11.8 Å². The van der Waals surface area contributed by atoms with Crippen LogP contribution in [0.3, 0.4) is 0 Å². The van der Waals surface area contributed by atoms with Gasteiger partial charge in [-0.3, -0.25) is 4.79 Å². The van der Waals surface area contributed by atoms with Crippen molar-refractivity contribution in [1.82, 2.24) is 4.90 Å². The Labute approximate surface area is 95.6 Å². The zero-order chi connectivity index (χ0) is 11.7. The number of nitrogens with zero attached hydrogens (tertiary/aromatic N) is 1. The number of carbonyl (C=O) groups excluding carboxylic acids is 1. The molecule has 4 heteroatoms. The summed E-state index contributed by atoms with van der Waals surface area (Å²) in [5, 5.41) is 9.21. The second kappa shape index (κ2) is 4.44. The first kappa shape index (κ1) is 11.4. The number of carboxylic acids is 1. The molecule has 1 aliphatic carbocycles. The Morgan fingerprint density at radius 3 is 2.38 bits per heavy atom. The van der Waals surface area contributed by atoms with Crippen molar-refractivity contribution in [3.05, 3.63) is 0 Å². The first-order valence-corrected chi connectivity index (χ1v) is 6.14. The molecule has 0 radical (unpaired) electrons. The van der Waals surface area contributed by atoms with Crippen LogP contribution in [0.5, 0.6) is 0 Å². The smallest absolute Gasteiger partial charge is 0.326 e. The molecule has 1 amide bonds. The van der Waals surface area contributed by atoms with Crippen molar-refractivity contribution in [3.63, 3.8) is 0 Å². The summed E-state index contributed by atoms with van der Waals surface area (Å²) in [6, 6.07) is -0.596. The van der Waals surface area contributed by atoms with E-state index >= 15 is 0 Å². The molecule has 90 valence electrons. The predicted octanol–water partition coefficient (Wildman–Crippen LogP) is 1.50. The van der Waals surface area contributed by atoms with E-state index in [4.69, 9.17) is 0 Å². The fourth-order valence-corrected chi connectivity index (χ4v) is 2.70. The lowest BCUT2D eigenvalue weighted by atomic mass is 9.82. The highest BCUT2D eigenvalue weighted by molar-refractivity contribution is 5.86. The lowest BCUT2D eigenvalue weighted by Crippen LogP contribution is -2.54. The lowest BCUT2D eigenvalue weighted by Gasteiger charge is -2.40. The molecule has 2 unspecified atom stereocenters. The van der Waals surface area contributed by atoms with E-state index in [0.717, 1.165) is 32.1 Å². The van der Waals surface area contributed by atoms with Crippen molar-refractivity contribution in [2.75, 3.05) is 6.54 Å². The predicted molar refractivity (Wildman–Crippen MR) is 58.9 cm³/mol. The maximum absolute atomic E-state index is 12.1. The summed E-state index contributed by atoms with van der Waals surface area (Å²) in [5.74, 6) is -0.590. The monoisotopic (exact) mass is 225 g/mol. The second-order valence-electron chi connectivity index (χ2n) is 5.06. The van der Waals surface area contributed by atoms with Gasteiger partial charge in [0.1, 0.15) is 6.04 Å². The minimum Gasteiger partial charge on any atom is -0.480 e. The topological polar surface area (TPSA) is 57.6 Å². The molecule has 2 atom stereocenters. The van der Waals surface area contributed by atoms with E-state index in [1.165, 1.54) is 0 Å². The third-order valence-electron chi connectivity index (χ3n) is 3.92. The normalized spacial score (nSPS) is 30.9. The van der Waals surface area contributed by atoms with Crippen LogP contribution in [0.2, 0.25) is 0 Å². The zero-order valence-corrected chi connectivity index (χ0v) is 9.69. The van der Waals surface area contributed by atoms with Crippen molar-refractivity contribution in [2.24, 2.45) is 11.8 Å². The molecule has 1 saturated heterocycles. The Hall–Kier alpha value is -1.06. The molecule has 1 heterocycles. The number of carboxylic acid groups (broad SMARTS) is 1. The van der Waals surface area contributed by atoms with Crippen LogP contribution in [-0.2, 0) is 9.59 Å². The number of rotatable bonds is 2. The van der Waals surface area contributed by atoms with Crippen LogP contribution in [0.15, 0.2) is 0 Å². The molecule has 0 aromatic rings. The van der Waals surface area contributed by atoms with Crippen LogP contribution < -0.4 is 0 Å². The van der Waals surface area contributed by atoms with Gasteiger partial charge in [0.2, 0.25) is 5.91 Å². The third kappa shape index (κ3) is 1.93. The zero-order valence-electron chi connectivity index (χ0n) is 9.69. The molecule has 0 bridgehead atoms. The van der Waals surface area contributed by atoms with Crippen molar-refractivity contribution >= 4 is 11.9 Å². The molecular weight excluding hydrogens is 206 g/mol. The van der Waals surface area contributed by atoms with Gasteiger partial charge in [-0.05, 0) is 31.6 Å². The molecule has 0 aromatic carbocycles. The van der Waals surface area contributed by atoms with Gasteiger partial charge in [0.05, 0.1) is 0 Å². The van der Waals surface area contributed by atoms with Gasteiger partial charge in [0.25, 0.3) is 0 Å². The van der Waals surface area contributed by atoms with Crippen molar-refractivity contribution in [2.45, 2.75) is 45.1 Å². The van der Waals surface area contributed by atoms with Gasteiger partial charge >= 0.3 is 5.97 Å². The maximum Gasteiger partial charge on any atom is 0.326 e. The Morgan fingerprint density at radius 1 is 1.19 bits per heavy atom. The van der Waals surface area contributed by atoms with E-state index in [2.05, 4.69) is 0 Å². The first-order valence-electron chi connectivity index (χ1n) is 6.14. The average Bonchev–Trinajstić information content (AvgIpc) is 2.13. The summed E-state index contributed by atoms with van der Waals surface area (Å²) in [6.45, 7) is 2.55. The van der Waals surface area contributed by atoms with Gasteiger partial charge in [-0.25, -0.2) is 4.79 Å². The van der Waals surface area contributed by atoms with E-state index in [9.17, 15) is 14.7 Å². The number of piperidine rings is 1.